The lowest BCUT2D eigenvalue weighted by Crippen LogP contribution is -2.17. The fourth-order valence-electron chi connectivity index (χ4n) is 1.74. The average Bonchev–Trinajstić information content (AvgIpc) is 3.08. The van der Waals surface area contributed by atoms with Crippen molar-refractivity contribution in [3.63, 3.8) is 0 Å². The minimum Gasteiger partial charge on any atom is -0.481 e. The molecule has 0 aliphatic heterocycles. The van der Waals surface area contributed by atoms with Gasteiger partial charge < -0.3 is 10.4 Å². The van der Waals surface area contributed by atoms with E-state index < -0.39 is 33.7 Å². The Bertz CT molecular complexity index is 640. The Kier molecular flexibility index (Phi) is 3.29. The lowest BCUT2D eigenvalue weighted by molar-refractivity contribution is -0.139. The number of anilines is 1. The molecule has 0 unspecified atom stereocenters. The van der Waals surface area contributed by atoms with Crippen LogP contribution in [0.3, 0.4) is 0 Å². The van der Waals surface area contributed by atoms with Gasteiger partial charge in [0, 0.05) is 5.69 Å². The minimum absolute atomic E-state index is 0.115. The minimum atomic E-state index is -3.84. The molecule has 8 heteroatoms. The lowest BCUT2D eigenvalue weighted by atomic mass is 10.2. The van der Waals surface area contributed by atoms with Gasteiger partial charge in [-0.3, -0.25) is 9.59 Å². The first kappa shape index (κ1) is 13.5. The molecule has 1 aliphatic carbocycles. The predicted molar refractivity (Wildman–Crippen MR) is 65.7 cm³/mol. The number of carboxylic acids is 1. The highest BCUT2D eigenvalue weighted by Gasteiger charge is 2.48. The van der Waals surface area contributed by atoms with Crippen LogP contribution in [0.15, 0.2) is 29.2 Å². The Morgan fingerprint density at radius 3 is 2.53 bits per heavy atom. The highest BCUT2D eigenvalue weighted by Crippen LogP contribution is 2.39. The average molecular weight is 284 g/mol. The van der Waals surface area contributed by atoms with Crippen molar-refractivity contribution in [3.8, 4) is 0 Å². The van der Waals surface area contributed by atoms with Crippen LogP contribution in [0, 0.1) is 11.8 Å². The number of sulfonamides is 1. The standard InChI is InChI=1S/C11H12N2O5S/c12-19(17,18)7-3-1-2-6(4-7)13-10(14)8-5-9(8)11(15)16/h1-4,8-9H,5H2,(H,13,14)(H,15,16)(H2,12,17,18)/t8-,9+/m1/s1. The van der Waals surface area contributed by atoms with E-state index in [0.717, 1.165) is 0 Å². The number of aliphatic carboxylic acids is 1. The summed E-state index contributed by atoms with van der Waals surface area (Å²) in [4.78, 5) is 22.2. The van der Waals surface area contributed by atoms with E-state index in [9.17, 15) is 18.0 Å². The summed E-state index contributed by atoms with van der Waals surface area (Å²) in [6, 6.07) is 5.48. The van der Waals surface area contributed by atoms with Gasteiger partial charge in [0.25, 0.3) is 0 Å². The summed E-state index contributed by atoms with van der Waals surface area (Å²) in [5, 5.41) is 16.2. The summed E-state index contributed by atoms with van der Waals surface area (Å²) in [6.07, 6.45) is 0.302. The molecule has 2 atom stereocenters. The molecule has 0 bridgehead atoms. The molecule has 4 N–H and O–H groups in total. The molecule has 1 saturated carbocycles. The Labute approximate surface area is 109 Å². The maximum absolute atomic E-state index is 11.7. The number of benzene rings is 1. The van der Waals surface area contributed by atoms with Crippen LogP contribution in [0.4, 0.5) is 5.69 Å². The number of hydrogen-bond acceptors (Lipinski definition) is 4. The second-order valence-corrected chi connectivity index (χ2v) is 5.91. The van der Waals surface area contributed by atoms with Crippen molar-refractivity contribution >= 4 is 27.6 Å². The van der Waals surface area contributed by atoms with Gasteiger partial charge in [-0.2, -0.15) is 0 Å². The Balaban J connectivity index is 2.09. The number of hydrogen-bond donors (Lipinski definition) is 3. The van der Waals surface area contributed by atoms with Gasteiger partial charge in [0.1, 0.15) is 0 Å². The van der Waals surface area contributed by atoms with E-state index in [1.165, 1.54) is 24.3 Å². The molecule has 102 valence electrons. The van der Waals surface area contributed by atoms with Crippen LogP contribution in [0.2, 0.25) is 0 Å². The molecule has 1 aromatic rings. The van der Waals surface area contributed by atoms with E-state index in [1.54, 1.807) is 0 Å². The first-order valence-corrected chi connectivity index (χ1v) is 7.00. The summed E-state index contributed by atoms with van der Waals surface area (Å²) in [6.45, 7) is 0. The second kappa shape index (κ2) is 4.63. The number of rotatable bonds is 4. The van der Waals surface area contributed by atoms with Crippen molar-refractivity contribution in [2.24, 2.45) is 17.0 Å². The highest BCUT2D eigenvalue weighted by molar-refractivity contribution is 7.89. The van der Waals surface area contributed by atoms with Crippen LogP contribution in [0.25, 0.3) is 0 Å². The zero-order valence-electron chi connectivity index (χ0n) is 9.74. The molecule has 0 radical (unpaired) electrons. The zero-order valence-corrected chi connectivity index (χ0v) is 10.6. The molecule has 0 spiro atoms. The number of carbonyl (C=O) groups excluding carboxylic acids is 1. The van der Waals surface area contributed by atoms with Crippen molar-refractivity contribution in [1.29, 1.82) is 0 Å². The molecule has 0 heterocycles. The van der Waals surface area contributed by atoms with Gasteiger partial charge in [0.05, 0.1) is 16.7 Å². The topological polar surface area (TPSA) is 127 Å². The van der Waals surface area contributed by atoms with E-state index >= 15 is 0 Å². The van der Waals surface area contributed by atoms with Crippen LogP contribution in [-0.2, 0) is 19.6 Å². The smallest absolute Gasteiger partial charge is 0.307 e. The molecular weight excluding hydrogens is 272 g/mol. The van der Waals surface area contributed by atoms with E-state index in [0.29, 0.717) is 6.42 Å². The lowest BCUT2D eigenvalue weighted by Gasteiger charge is -2.06. The number of carbonyl (C=O) groups is 2. The Morgan fingerprint density at radius 1 is 1.32 bits per heavy atom. The molecular formula is C11H12N2O5S. The third-order valence-electron chi connectivity index (χ3n) is 2.87. The monoisotopic (exact) mass is 284 g/mol. The molecule has 1 amide bonds. The zero-order chi connectivity index (χ0) is 14.2. The van der Waals surface area contributed by atoms with Crippen LogP contribution in [0.5, 0.6) is 0 Å². The van der Waals surface area contributed by atoms with E-state index in [2.05, 4.69) is 5.32 Å². The van der Waals surface area contributed by atoms with Gasteiger partial charge in [-0.25, -0.2) is 13.6 Å². The molecule has 1 aliphatic rings. The summed E-state index contributed by atoms with van der Waals surface area (Å²) in [5.41, 5.74) is 0.271. The van der Waals surface area contributed by atoms with Crippen LogP contribution >= 0.6 is 0 Å². The number of primary sulfonamides is 1. The summed E-state index contributed by atoms with van der Waals surface area (Å²) in [7, 11) is -3.84. The van der Waals surface area contributed by atoms with Crippen molar-refractivity contribution in [2.75, 3.05) is 5.32 Å². The maximum Gasteiger partial charge on any atom is 0.307 e. The van der Waals surface area contributed by atoms with E-state index in [-0.39, 0.29) is 10.6 Å². The van der Waals surface area contributed by atoms with Gasteiger partial charge in [0.15, 0.2) is 0 Å². The number of nitrogens with one attached hydrogen (secondary N) is 1. The molecule has 1 aromatic carbocycles. The molecule has 1 fully saturated rings. The summed E-state index contributed by atoms with van der Waals surface area (Å²) < 4.78 is 22.3. The molecule has 7 nitrogen and oxygen atoms in total. The third-order valence-corrected chi connectivity index (χ3v) is 3.79. The molecule has 2 rings (SSSR count). The highest BCUT2D eigenvalue weighted by atomic mass is 32.2. The van der Waals surface area contributed by atoms with Crippen LogP contribution in [-0.4, -0.2) is 25.4 Å². The normalized spacial score (nSPS) is 21.7. The van der Waals surface area contributed by atoms with Crippen molar-refractivity contribution in [2.45, 2.75) is 11.3 Å². The van der Waals surface area contributed by atoms with Gasteiger partial charge in [-0.1, -0.05) is 6.07 Å². The second-order valence-electron chi connectivity index (χ2n) is 4.35. The number of carboxylic acid groups (broad SMARTS) is 1. The van der Waals surface area contributed by atoms with Crippen molar-refractivity contribution in [3.05, 3.63) is 24.3 Å². The van der Waals surface area contributed by atoms with Crippen LogP contribution < -0.4 is 10.5 Å². The fourth-order valence-corrected chi connectivity index (χ4v) is 2.30. The third kappa shape index (κ3) is 3.09. The SMILES string of the molecule is NS(=O)(=O)c1cccc(NC(=O)[C@@H]2C[C@@H]2C(=O)O)c1. The van der Waals surface area contributed by atoms with Gasteiger partial charge in [0.2, 0.25) is 15.9 Å². The van der Waals surface area contributed by atoms with Gasteiger partial charge in [-0.15, -0.1) is 0 Å². The van der Waals surface area contributed by atoms with Crippen molar-refractivity contribution < 1.29 is 23.1 Å². The van der Waals surface area contributed by atoms with Gasteiger partial charge in [-0.05, 0) is 24.6 Å². The van der Waals surface area contributed by atoms with Crippen LogP contribution in [0.1, 0.15) is 6.42 Å². The largest absolute Gasteiger partial charge is 0.481 e. The fraction of sp³-hybridized carbons (Fsp3) is 0.273. The molecule has 19 heavy (non-hydrogen) atoms. The summed E-state index contributed by atoms with van der Waals surface area (Å²) >= 11 is 0. The Hall–Kier alpha value is -1.93. The van der Waals surface area contributed by atoms with E-state index in [4.69, 9.17) is 10.2 Å². The Morgan fingerprint density at radius 2 is 2.00 bits per heavy atom. The first-order chi connectivity index (χ1) is 8.79. The first-order valence-electron chi connectivity index (χ1n) is 5.45. The van der Waals surface area contributed by atoms with Crippen molar-refractivity contribution in [1.82, 2.24) is 0 Å². The molecule has 0 aromatic heterocycles. The quantitative estimate of drug-likeness (QED) is 0.717. The number of nitrogens with two attached hydrogens (primary N) is 1. The maximum atomic E-state index is 11.7. The number of amides is 1. The predicted octanol–water partition coefficient (Wildman–Crippen LogP) is -0.00680. The summed E-state index contributed by atoms with van der Waals surface area (Å²) in [5.74, 6) is -2.64. The van der Waals surface area contributed by atoms with E-state index in [1.807, 2.05) is 0 Å². The van der Waals surface area contributed by atoms with Gasteiger partial charge >= 0.3 is 5.97 Å². The molecule has 0 saturated heterocycles.